The van der Waals surface area contributed by atoms with E-state index in [2.05, 4.69) is 10.6 Å². The van der Waals surface area contributed by atoms with Gasteiger partial charge >= 0.3 is 0 Å². The van der Waals surface area contributed by atoms with Crippen LogP contribution in [0, 0.1) is 6.92 Å². The van der Waals surface area contributed by atoms with Crippen molar-refractivity contribution >= 4 is 44.8 Å². The van der Waals surface area contributed by atoms with Crippen LogP contribution in [0.15, 0.2) is 42.5 Å². The third-order valence-corrected chi connectivity index (χ3v) is 5.34. The molecule has 0 unspecified atom stereocenters. The Bertz CT molecular complexity index is 1020. The average Bonchev–Trinajstić information content (AvgIpc) is 2.59. The summed E-state index contributed by atoms with van der Waals surface area (Å²) < 4.78 is 25.6. The van der Waals surface area contributed by atoms with Crippen molar-refractivity contribution in [3.63, 3.8) is 0 Å². The molecule has 9 heteroatoms. The highest BCUT2D eigenvalue weighted by atomic mass is 35.5. The van der Waals surface area contributed by atoms with Gasteiger partial charge in [0, 0.05) is 11.1 Å². The highest BCUT2D eigenvalue weighted by molar-refractivity contribution is 7.92. The molecule has 0 spiro atoms. The normalized spacial score (nSPS) is 11.2. The summed E-state index contributed by atoms with van der Waals surface area (Å²) in [6.45, 7) is 4.93. The molecule has 2 rings (SSSR count). The zero-order chi connectivity index (χ0) is 21.8. The molecule has 0 aliphatic rings. The maximum Gasteiger partial charge on any atom is 0.253 e. The molecule has 156 valence electrons. The summed E-state index contributed by atoms with van der Waals surface area (Å²) in [5.41, 5.74) is 1.57. The van der Waals surface area contributed by atoms with Crippen LogP contribution in [0.5, 0.6) is 0 Å². The molecule has 0 radical (unpaired) electrons. The lowest BCUT2D eigenvalue weighted by Gasteiger charge is -2.24. The lowest BCUT2D eigenvalue weighted by atomic mass is 10.1. The zero-order valence-electron chi connectivity index (χ0n) is 16.7. The molecule has 2 aromatic carbocycles. The third kappa shape index (κ3) is 6.20. The lowest BCUT2D eigenvalue weighted by Crippen LogP contribution is -2.38. The quantitative estimate of drug-likeness (QED) is 0.695. The standard InChI is InChI=1S/C20H24ClN3O4S/c1-13(2)22-20(26)16-7-5-6-8-17(16)23-19(25)12-24(29(4,27)28)18-10-9-15(21)11-14(18)3/h5-11,13H,12H2,1-4H3,(H,22,26)(H,23,25). The number of rotatable bonds is 7. The highest BCUT2D eigenvalue weighted by Crippen LogP contribution is 2.25. The molecule has 0 saturated carbocycles. The van der Waals surface area contributed by atoms with Crippen LogP contribution in [-0.2, 0) is 14.8 Å². The van der Waals surface area contributed by atoms with E-state index in [1.54, 1.807) is 49.4 Å². The van der Waals surface area contributed by atoms with E-state index >= 15 is 0 Å². The van der Waals surface area contributed by atoms with E-state index in [9.17, 15) is 18.0 Å². The van der Waals surface area contributed by atoms with E-state index in [1.165, 1.54) is 0 Å². The largest absolute Gasteiger partial charge is 0.350 e. The number of nitrogens with one attached hydrogen (secondary N) is 2. The third-order valence-electron chi connectivity index (χ3n) is 3.98. The minimum Gasteiger partial charge on any atom is -0.350 e. The van der Waals surface area contributed by atoms with Gasteiger partial charge in [-0.1, -0.05) is 23.7 Å². The van der Waals surface area contributed by atoms with Gasteiger partial charge in [-0.3, -0.25) is 13.9 Å². The number of anilines is 2. The Kier molecular flexibility index (Phi) is 7.26. The molecule has 2 aromatic rings. The summed E-state index contributed by atoms with van der Waals surface area (Å²) in [7, 11) is -3.73. The molecule has 0 saturated heterocycles. The van der Waals surface area contributed by atoms with Crippen LogP contribution < -0.4 is 14.9 Å². The lowest BCUT2D eigenvalue weighted by molar-refractivity contribution is -0.114. The van der Waals surface area contributed by atoms with Gasteiger partial charge in [0.15, 0.2) is 0 Å². The molecule has 0 fully saturated rings. The molecular formula is C20H24ClN3O4S. The van der Waals surface area contributed by atoms with Crippen LogP contribution in [0.25, 0.3) is 0 Å². The van der Waals surface area contributed by atoms with Crippen LogP contribution in [0.3, 0.4) is 0 Å². The van der Waals surface area contributed by atoms with Crippen LogP contribution >= 0.6 is 11.6 Å². The fourth-order valence-corrected chi connectivity index (χ4v) is 3.87. The second kappa shape index (κ2) is 9.28. The molecule has 0 bridgehead atoms. The topological polar surface area (TPSA) is 95.6 Å². The number of para-hydroxylation sites is 1. The Morgan fingerprint density at radius 3 is 2.38 bits per heavy atom. The first-order chi connectivity index (χ1) is 13.5. The number of amides is 2. The maximum atomic E-state index is 12.6. The van der Waals surface area contributed by atoms with E-state index in [0.717, 1.165) is 10.6 Å². The first kappa shape index (κ1) is 22.7. The molecule has 0 aliphatic carbocycles. The van der Waals surface area contributed by atoms with E-state index in [1.807, 2.05) is 13.8 Å². The van der Waals surface area contributed by atoms with Crippen molar-refractivity contribution in [1.29, 1.82) is 0 Å². The van der Waals surface area contributed by atoms with Gasteiger partial charge in [0.2, 0.25) is 15.9 Å². The second-order valence-electron chi connectivity index (χ2n) is 6.92. The summed E-state index contributed by atoms with van der Waals surface area (Å²) in [5.74, 6) is -0.904. The summed E-state index contributed by atoms with van der Waals surface area (Å²) in [6.07, 6.45) is 1.03. The number of benzene rings is 2. The van der Waals surface area contributed by atoms with E-state index in [4.69, 9.17) is 11.6 Å². The smallest absolute Gasteiger partial charge is 0.253 e. The predicted molar refractivity (Wildman–Crippen MR) is 116 cm³/mol. The number of carbonyl (C=O) groups is 2. The van der Waals surface area contributed by atoms with E-state index < -0.39 is 22.5 Å². The highest BCUT2D eigenvalue weighted by Gasteiger charge is 2.23. The van der Waals surface area contributed by atoms with Crippen molar-refractivity contribution in [1.82, 2.24) is 5.32 Å². The van der Waals surface area contributed by atoms with Gasteiger partial charge < -0.3 is 10.6 Å². The Labute approximate surface area is 176 Å². The minimum atomic E-state index is -3.73. The molecule has 0 aromatic heterocycles. The molecule has 29 heavy (non-hydrogen) atoms. The Balaban J connectivity index is 2.27. The maximum absolute atomic E-state index is 12.6. The zero-order valence-corrected chi connectivity index (χ0v) is 18.3. The molecular weight excluding hydrogens is 414 g/mol. The van der Waals surface area contributed by atoms with Crippen molar-refractivity contribution < 1.29 is 18.0 Å². The van der Waals surface area contributed by atoms with Crippen LogP contribution in [0.4, 0.5) is 11.4 Å². The number of nitrogens with zero attached hydrogens (tertiary/aromatic N) is 1. The molecule has 0 aliphatic heterocycles. The predicted octanol–water partition coefficient (Wildman–Crippen LogP) is 3.19. The fraction of sp³-hybridized carbons (Fsp3) is 0.300. The molecule has 0 heterocycles. The number of hydrogen-bond donors (Lipinski definition) is 2. The van der Waals surface area contributed by atoms with Gasteiger partial charge in [-0.15, -0.1) is 0 Å². The Morgan fingerprint density at radius 2 is 1.79 bits per heavy atom. The second-order valence-corrected chi connectivity index (χ2v) is 9.27. The van der Waals surface area contributed by atoms with Gasteiger partial charge in [0.25, 0.3) is 5.91 Å². The van der Waals surface area contributed by atoms with E-state index in [-0.39, 0.29) is 11.9 Å². The average molecular weight is 438 g/mol. The van der Waals surface area contributed by atoms with Crippen LogP contribution in [-0.4, -0.2) is 39.1 Å². The van der Waals surface area contributed by atoms with Crippen molar-refractivity contribution in [3.8, 4) is 0 Å². The Morgan fingerprint density at radius 1 is 1.14 bits per heavy atom. The first-order valence-corrected chi connectivity index (χ1v) is 11.1. The first-order valence-electron chi connectivity index (χ1n) is 8.92. The number of carbonyl (C=O) groups excluding carboxylic acids is 2. The van der Waals surface area contributed by atoms with Crippen LogP contribution in [0.2, 0.25) is 5.02 Å². The van der Waals surface area contributed by atoms with Crippen molar-refractivity contribution in [3.05, 3.63) is 58.6 Å². The molecule has 2 N–H and O–H groups in total. The SMILES string of the molecule is Cc1cc(Cl)ccc1N(CC(=O)Nc1ccccc1C(=O)NC(C)C)S(C)(=O)=O. The summed E-state index contributed by atoms with van der Waals surface area (Å²) in [5, 5.41) is 5.87. The van der Waals surface area contributed by atoms with Gasteiger partial charge in [-0.05, 0) is 56.7 Å². The molecule has 7 nitrogen and oxygen atoms in total. The van der Waals surface area contributed by atoms with Gasteiger partial charge in [0.1, 0.15) is 6.54 Å². The number of hydrogen-bond acceptors (Lipinski definition) is 4. The summed E-state index contributed by atoms with van der Waals surface area (Å²) >= 11 is 5.95. The number of halogens is 1. The summed E-state index contributed by atoms with van der Waals surface area (Å²) in [4.78, 5) is 25.0. The van der Waals surface area contributed by atoms with Crippen molar-refractivity contribution in [2.45, 2.75) is 26.8 Å². The monoisotopic (exact) mass is 437 g/mol. The fourth-order valence-electron chi connectivity index (χ4n) is 2.73. The van der Waals surface area contributed by atoms with Gasteiger partial charge in [0.05, 0.1) is 23.2 Å². The Hall–Kier alpha value is -2.58. The number of sulfonamides is 1. The van der Waals surface area contributed by atoms with Crippen molar-refractivity contribution in [2.24, 2.45) is 0 Å². The summed E-state index contributed by atoms with van der Waals surface area (Å²) in [6, 6.07) is 11.2. The van der Waals surface area contributed by atoms with Crippen molar-refractivity contribution in [2.75, 3.05) is 22.4 Å². The molecule has 0 atom stereocenters. The number of aryl methyl sites for hydroxylation is 1. The van der Waals surface area contributed by atoms with Gasteiger partial charge in [-0.25, -0.2) is 8.42 Å². The van der Waals surface area contributed by atoms with Gasteiger partial charge in [-0.2, -0.15) is 0 Å². The van der Waals surface area contributed by atoms with Crippen LogP contribution in [0.1, 0.15) is 29.8 Å². The minimum absolute atomic E-state index is 0.0696. The molecule has 2 amide bonds. The van der Waals surface area contributed by atoms with E-state index in [0.29, 0.717) is 27.5 Å².